The maximum atomic E-state index is 11.0. The predicted molar refractivity (Wildman–Crippen MR) is 70.5 cm³/mol. The number of nitro groups is 1. The Morgan fingerprint density at radius 2 is 2.17 bits per heavy atom. The summed E-state index contributed by atoms with van der Waals surface area (Å²) in [5.74, 6) is 1.46. The number of aromatic nitrogens is 1. The van der Waals surface area contributed by atoms with E-state index in [1.807, 2.05) is 4.90 Å². The number of hydrogen-bond donors (Lipinski definition) is 1. The molecule has 98 valence electrons. The SMILES string of the molecule is CCC1CCN(c2nc(N)ccc2[N+](=O)[O-])CC1. The summed E-state index contributed by atoms with van der Waals surface area (Å²) in [6.07, 6.45) is 3.29. The lowest BCUT2D eigenvalue weighted by Crippen LogP contribution is -2.34. The first-order valence-electron chi connectivity index (χ1n) is 6.27. The standard InChI is InChI=1S/C12H18N4O2/c1-2-9-5-7-15(8-6-9)12-10(16(17)18)3-4-11(13)14-12/h3-4,9H,2,5-8H2,1H3,(H2,13,14). The fraction of sp³-hybridized carbons (Fsp3) is 0.583. The number of anilines is 2. The normalized spacial score (nSPS) is 16.8. The summed E-state index contributed by atoms with van der Waals surface area (Å²) in [6.45, 7) is 3.81. The smallest absolute Gasteiger partial charge is 0.311 e. The second kappa shape index (κ2) is 5.20. The van der Waals surface area contributed by atoms with Crippen LogP contribution in [-0.2, 0) is 0 Å². The van der Waals surface area contributed by atoms with Gasteiger partial charge in [-0.15, -0.1) is 0 Å². The molecular formula is C12H18N4O2. The van der Waals surface area contributed by atoms with Crippen molar-refractivity contribution in [2.75, 3.05) is 23.7 Å². The van der Waals surface area contributed by atoms with Crippen LogP contribution in [0.4, 0.5) is 17.3 Å². The second-order valence-corrected chi connectivity index (χ2v) is 4.67. The number of nitrogens with zero attached hydrogens (tertiary/aromatic N) is 3. The van der Waals surface area contributed by atoms with E-state index in [4.69, 9.17) is 5.73 Å². The summed E-state index contributed by atoms with van der Waals surface area (Å²) in [5, 5.41) is 11.0. The zero-order valence-corrected chi connectivity index (χ0v) is 10.5. The zero-order chi connectivity index (χ0) is 13.1. The highest BCUT2D eigenvalue weighted by atomic mass is 16.6. The first-order valence-corrected chi connectivity index (χ1v) is 6.27. The maximum absolute atomic E-state index is 11.0. The summed E-state index contributed by atoms with van der Waals surface area (Å²) in [7, 11) is 0. The van der Waals surface area contributed by atoms with E-state index in [0.717, 1.165) is 31.8 Å². The minimum atomic E-state index is -0.395. The number of hydrogen-bond acceptors (Lipinski definition) is 5. The molecule has 6 nitrogen and oxygen atoms in total. The van der Waals surface area contributed by atoms with Gasteiger partial charge in [-0.1, -0.05) is 13.3 Å². The van der Waals surface area contributed by atoms with Crippen LogP contribution in [-0.4, -0.2) is 23.0 Å². The van der Waals surface area contributed by atoms with Gasteiger partial charge in [0.2, 0.25) is 5.82 Å². The van der Waals surface area contributed by atoms with E-state index >= 15 is 0 Å². The van der Waals surface area contributed by atoms with Gasteiger partial charge in [-0.2, -0.15) is 0 Å². The molecule has 2 rings (SSSR count). The van der Waals surface area contributed by atoms with Crippen molar-refractivity contribution < 1.29 is 4.92 Å². The third-order valence-corrected chi connectivity index (χ3v) is 3.56. The van der Waals surface area contributed by atoms with Gasteiger partial charge in [0.1, 0.15) is 5.82 Å². The van der Waals surface area contributed by atoms with Gasteiger partial charge in [0, 0.05) is 19.2 Å². The molecule has 2 N–H and O–H groups in total. The molecule has 0 unspecified atom stereocenters. The van der Waals surface area contributed by atoms with Crippen molar-refractivity contribution in [3.63, 3.8) is 0 Å². The van der Waals surface area contributed by atoms with E-state index in [-0.39, 0.29) is 5.69 Å². The minimum absolute atomic E-state index is 0.0409. The zero-order valence-electron chi connectivity index (χ0n) is 10.5. The number of piperidine rings is 1. The third-order valence-electron chi connectivity index (χ3n) is 3.56. The average molecular weight is 250 g/mol. The summed E-state index contributed by atoms with van der Waals surface area (Å²) in [4.78, 5) is 16.7. The lowest BCUT2D eigenvalue weighted by atomic mass is 9.94. The molecule has 18 heavy (non-hydrogen) atoms. The first kappa shape index (κ1) is 12.6. The molecule has 1 aliphatic rings. The van der Waals surface area contributed by atoms with Crippen molar-refractivity contribution in [3.05, 3.63) is 22.2 Å². The molecule has 0 atom stereocenters. The Bertz CT molecular complexity index is 442. The largest absolute Gasteiger partial charge is 0.384 e. The first-order chi connectivity index (χ1) is 8.61. The van der Waals surface area contributed by atoms with Gasteiger partial charge in [0.05, 0.1) is 4.92 Å². The molecule has 0 spiro atoms. The van der Waals surface area contributed by atoms with Crippen molar-refractivity contribution in [1.29, 1.82) is 0 Å². The summed E-state index contributed by atoms with van der Waals surface area (Å²) in [6, 6.07) is 2.91. The molecule has 1 fully saturated rings. The van der Waals surface area contributed by atoms with Crippen molar-refractivity contribution >= 4 is 17.3 Å². The Morgan fingerprint density at radius 1 is 1.50 bits per heavy atom. The molecule has 0 bridgehead atoms. The van der Waals surface area contributed by atoms with Crippen molar-refractivity contribution in [2.24, 2.45) is 5.92 Å². The van der Waals surface area contributed by atoms with Gasteiger partial charge in [-0.3, -0.25) is 10.1 Å². The fourth-order valence-corrected chi connectivity index (χ4v) is 2.38. The number of nitrogens with two attached hydrogens (primary N) is 1. The predicted octanol–water partition coefficient (Wildman–Crippen LogP) is 2.20. The lowest BCUT2D eigenvalue weighted by Gasteiger charge is -2.32. The van der Waals surface area contributed by atoms with E-state index in [1.165, 1.54) is 18.6 Å². The van der Waals surface area contributed by atoms with E-state index in [1.54, 1.807) is 0 Å². The minimum Gasteiger partial charge on any atom is -0.384 e. The van der Waals surface area contributed by atoms with Crippen LogP contribution >= 0.6 is 0 Å². The molecule has 0 aromatic carbocycles. The quantitative estimate of drug-likeness (QED) is 0.656. The second-order valence-electron chi connectivity index (χ2n) is 4.67. The number of nitrogen functional groups attached to an aromatic ring is 1. The van der Waals surface area contributed by atoms with Crippen LogP contribution in [0.1, 0.15) is 26.2 Å². The molecular weight excluding hydrogens is 232 g/mol. The highest BCUT2D eigenvalue weighted by molar-refractivity contribution is 5.61. The van der Waals surface area contributed by atoms with Crippen LogP contribution < -0.4 is 10.6 Å². The van der Waals surface area contributed by atoms with E-state index in [9.17, 15) is 10.1 Å². The van der Waals surface area contributed by atoms with Gasteiger partial charge >= 0.3 is 5.69 Å². The Balaban J connectivity index is 2.22. The van der Waals surface area contributed by atoms with Crippen molar-refractivity contribution in [1.82, 2.24) is 4.98 Å². The topological polar surface area (TPSA) is 85.3 Å². The van der Waals surface area contributed by atoms with Gasteiger partial charge in [-0.05, 0) is 24.8 Å². The number of pyridine rings is 1. The van der Waals surface area contributed by atoms with Crippen LogP contribution in [0.2, 0.25) is 0 Å². The summed E-state index contributed by atoms with van der Waals surface area (Å²) >= 11 is 0. The van der Waals surface area contributed by atoms with Gasteiger partial charge < -0.3 is 10.6 Å². The van der Waals surface area contributed by atoms with Gasteiger partial charge in [-0.25, -0.2) is 4.98 Å². The maximum Gasteiger partial charge on any atom is 0.311 e. The van der Waals surface area contributed by atoms with E-state index < -0.39 is 4.92 Å². The van der Waals surface area contributed by atoms with Gasteiger partial charge in [0.25, 0.3) is 0 Å². The average Bonchev–Trinajstić information content (AvgIpc) is 2.38. The molecule has 0 amide bonds. The molecule has 1 saturated heterocycles. The summed E-state index contributed by atoms with van der Waals surface area (Å²) in [5.41, 5.74) is 5.67. The molecule has 6 heteroatoms. The Labute approximate surface area is 106 Å². The Hall–Kier alpha value is -1.85. The molecule has 1 aromatic rings. The highest BCUT2D eigenvalue weighted by Crippen LogP contribution is 2.30. The van der Waals surface area contributed by atoms with Crippen molar-refractivity contribution in [3.8, 4) is 0 Å². The van der Waals surface area contributed by atoms with Crippen LogP contribution in [0.3, 0.4) is 0 Å². The number of rotatable bonds is 3. The van der Waals surface area contributed by atoms with Crippen LogP contribution in [0.15, 0.2) is 12.1 Å². The Kier molecular flexibility index (Phi) is 3.64. The highest BCUT2D eigenvalue weighted by Gasteiger charge is 2.25. The summed E-state index contributed by atoms with van der Waals surface area (Å²) < 4.78 is 0. The van der Waals surface area contributed by atoms with Gasteiger partial charge in [0.15, 0.2) is 0 Å². The lowest BCUT2D eigenvalue weighted by molar-refractivity contribution is -0.384. The fourth-order valence-electron chi connectivity index (χ4n) is 2.38. The molecule has 0 radical (unpaired) electrons. The Morgan fingerprint density at radius 3 is 2.72 bits per heavy atom. The van der Waals surface area contributed by atoms with Crippen LogP contribution in [0, 0.1) is 16.0 Å². The van der Waals surface area contributed by atoms with E-state index in [0.29, 0.717) is 11.6 Å². The molecule has 0 saturated carbocycles. The molecule has 1 aromatic heterocycles. The van der Waals surface area contributed by atoms with E-state index in [2.05, 4.69) is 11.9 Å². The molecule has 0 aliphatic carbocycles. The third kappa shape index (κ3) is 2.52. The van der Waals surface area contributed by atoms with Crippen LogP contribution in [0.25, 0.3) is 0 Å². The van der Waals surface area contributed by atoms with Crippen LogP contribution in [0.5, 0.6) is 0 Å². The molecule has 2 heterocycles. The molecule has 1 aliphatic heterocycles. The van der Waals surface area contributed by atoms with Crippen molar-refractivity contribution in [2.45, 2.75) is 26.2 Å². The monoisotopic (exact) mass is 250 g/mol.